The average Bonchev–Trinajstić information content (AvgIpc) is 2.55. The highest BCUT2D eigenvalue weighted by molar-refractivity contribution is 6.21. The van der Waals surface area contributed by atoms with Gasteiger partial charge in [-0.05, 0) is 31.6 Å². The van der Waals surface area contributed by atoms with Crippen LogP contribution < -0.4 is 0 Å². The third-order valence-corrected chi connectivity index (χ3v) is 5.35. The quantitative estimate of drug-likeness (QED) is 0.660. The van der Waals surface area contributed by atoms with E-state index in [0.717, 1.165) is 18.9 Å². The normalized spacial score (nSPS) is 32.5. The van der Waals surface area contributed by atoms with E-state index in [2.05, 4.69) is 13.8 Å². The number of halogens is 1. The molecule has 0 saturated heterocycles. The molecule has 2 fully saturated rings. The third-order valence-electron chi connectivity index (χ3n) is 4.73. The number of ether oxygens (including phenoxy) is 1. The average molecular weight is 259 g/mol. The number of hydrogen-bond acceptors (Lipinski definition) is 1. The predicted molar refractivity (Wildman–Crippen MR) is 73.6 cm³/mol. The summed E-state index contributed by atoms with van der Waals surface area (Å²) >= 11 is 6.51. The molecule has 17 heavy (non-hydrogen) atoms. The Morgan fingerprint density at radius 1 is 1.18 bits per heavy atom. The van der Waals surface area contributed by atoms with Crippen molar-refractivity contribution in [2.45, 2.75) is 76.7 Å². The second-order valence-electron chi connectivity index (χ2n) is 6.39. The first-order chi connectivity index (χ1) is 8.15. The molecule has 0 N–H and O–H groups in total. The second kappa shape index (κ2) is 5.93. The minimum absolute atomic E-state index is 0.342. The van der Waals surface area contributed by atoms with Gasteiger partial charge >= 0.3 is 0 Å². The summed E-state index contributed by atoms with van der Waals surface area (Å²) in [6.07, 6.45) is 10.8. The van der Waals surface area contributed by atoms with E-state index in [4.69, 9.17) is 16.3 Å². The molecule has 0 bridgehead atoms. The molecule has 2 aliphatic rings. The van der Waals surface area contributed by atoms with Gasteiger partial charge < -0.3 is 4.74 Å². The van der Waals surface area contributed by atoms with Crippen LogP contribution in [0.3, 0.4) is 0 Å². The van der Waals surface area contributed by atoms with Crippen molar-refractivity contribution in [2.75, 3.05) is 6.61 Å². The summed E-state index contributed by atoms with van der Waals surface area (Å²) in [4.78, 5) is 0. The summed E-state index contributed by atoms with van der Waals surface area (Å²) in [5.41, 5.74) is 0.342. The van der Waals surface area contributed by atoms with Gasteiger partial charge in [0, 0.05) is 17.4 Å². The van der Waals surface area contributed by atoms with Crippen molar-refractivity contribution >= 4 is 11.6 Å². The maximum atomic E-state index is 6.51. The highest BCUT2D eigenvalue weighted by Crippen LogP contribution is 2.55. The summed E-state index contributed by atoms with van der Waals surface area (Å²) in [6, 6.07) is 0. The fourth-order valence-corrected chi connectivity index (χ4v) is 3.92. The molecule has 2 unspecified atom stereocenters. The van der Waals surface area contributed by atoms with Gasteiger partial charge in [0.15, 0.2) is 0 Å². The molecule has 0 aromatic carbocycles. The number of rotatable bonds is 4. The van der Waals surface area contributed by atoms with Gasteiger partial charge in [-0.2, -0.15) is 0 Å². The topological polar surface area (TPSA) is 9.23 Å². The molecule has 1 nitrogen and oxygen atoms in total. The van der Waals surface area contributed by atoms with Crippen LogP contribution in [0.1, 0.15) is 65.2 Å². The van der Waals surface area contributed by atoms with Crippen LogP contribution in [-0.2, 0) is 4.74 Å². The maximum Gasteiger partial charge on any atom is 0.0659 e. The van der Waals surface area contributed by atoms with Crippen LogP contribution in [-0.4, -0.2) is 18.1 Å². The van der Waals surface area contributed by atoms with Gasteiger partial charge in [0.25, 0.3) is 0 Å². The zero-order valence-corrected chi connectivity index (χ0v) is 12.1. The molecule has 2 aliphatic carbocycles. The van der Waals surface area contributed by atoms with Gasteiger partial charge in [0.05, 0.1) is 6.10 Å². The predicted octanol–water partition coefficient (Wildman–Crippen LogP) is 4.77. The zero-order chi connectivity index (χ0) is 12.3. The molecule has 2 heteroatoms. The van der Waals surface area contributed by atoms with Crippen molar-refractivity contribution in [1.29, 1.82) is 0 Å². The van der Waals surface area contributed by atoms with Gasteiger partial charge in [-0.15, -0.1) is 11.6 Å². The molecule has 2 rings (SSSR count). The highest BCUT2D eigenvalue weighted by atomic mass is 35.5. The molecule has 2 atom stereocenters. The first-order valence-electron chi connectivity index (χ1n) is 7.41. The molecule has 1 spiro atoms. The lowest BCUT2D eigenvalue weighted by atomic mass is 9.61. The lowest BCUT2D eigenvalue weighted by Gasteiger charge is -2.53. The molecule has 0 heterocycles. The fraction of sp³-hybridized carbons (Fsp3) is 1.00. The molecule has 0 radical (unpaired) electrons. The molecule has 2 saturated carbocycles. The van der Waals surface area contributed by atoms with Crippen molar-refractivity contribution in [3.63, 3.8) is 0 Å². The Morgan fingerprint density at radius 3 is 2.35 bits per heavy atom. The van der Waals surface area contributed by atoms with E-state index in [1.165, 1.54) is 44.9 Å². The largest absolute Gasteiger partial charge is 0.378 e. The summed E-state index contributed by atoms with van der Waals surface area (Å²) < 4.78 is 6.12. The van der Waals surface area contributed by atoms with Crippen LogP contribution >= 0.6 is 11.6 Å². The van der Waals surface area contributed by atoms with Crippen molar-refractivity contribution in [2.24, 2.45) is 11.3 Å². The second-order valence-corrected chi connectivity index (χ2v) is 6.92. The van der Waals surface area contributed by atoms with Crippen molar-refractivity contribution in [1.82, 2.24) is 0 Å². The Balaban J connectivity index is 1.85. The Kier molecular flexibility index (Phi) is 4.77. The van der Waals surface area contributed by atoms with E-state index in [0.29, 0.717) is 16.9 Å². The molecular weight excluding hydrogens is 232 g/mol. The third kappa shape index (κ3) is 2.98. The maximum absolute atomic E-state index is 6.51. The number of alkyl halides is 1. The van der Waals surface area contributed by atoms with E-state index in [9.17, 15) is 0 Å². The van der Waals surface area contributed by atoms with Crippen LogP contribution in [0.15, 0.2) is 0 Å². The molecule has 0 amide bonds. The zero-order valence-electron chi connectivity index (χ0n) is 11.4. The molecule has 0 aliphatic heterocycles. The van der Waals surface area contributed by atoms with E-state index in [1.54, 1.807) is 0 Å². The molecule has 100 valence electrons. The molecule has 0 aromatic heterocycles. The van der Waals surface area contributed by atoms with Crippen molar-refractivity contribution in [3.05, 3.63) is 0 Å². The van der Waals surface area contributed by atoms with Crippen LogP contribution in [0.5, 0.6) is 0 Å². The monoisotopic (exact) mass is 258 g/mol. The van der Waals surface area contributed by atoms with Crippen LogP contribution in [0, 0.1) is 11.3 Å². The highest BCUT2D eigenvalue weighted by Gasteiger charge is 2.54. The standard InChI is InChI=1S/C15H27ClO/c1-12(2)7-10-17-14-11-13(16)15(14)8-5-3-4-6-9-15/h12-14H,3-11H2,1-2H3. The van der Waals surface area contributed by atoms with Gasteiger partial charge in [-0.3, -0.25) is 0 Å². The molecular formula is C15H27ClO. The summed E-state index contributed by atoms with van der Waals surface area (Å²) in [5, 5.41) is 0.379. The Labute approximate surface area is 111 Å². The van der Waals surface area contributed by atoms with Crippen LogP contribution in [0.2, 0.25) is 0 Å². The van der Waals surface area contributed by atoms with E-state index in [-0.39, 0.29) is 0 Å². The lowest BCUT2D eigenvalue weighted by molar-refractivity contribution is -0.117. The Morgan fingerprint density at radius 2 is 1.82 bits per heavy atom. The van der Waals surface area contributed by atoms with E-state index < -0.39 is 0 Å². The summed E-state index contributed by atoms with van der Waals surface area (Å²) in [5.74, 6) is 0.743. The van der Waals surface area contributed by atoms with Crippen molar-refractivity contribution < 1.29 is 4.74 Å². The van der Waals surface area contributed by atoms with Crippen LogP contribution in [0.4, 0.5) is 0 Å². The van der Waals surface area contributed by atoms with Gasteiger partial charge in [0.2, 0.25) is 0 Å². The Hall–Kier alpha value is 0.250. The lowest BCUT2D eigenvalue weighted by Crippen LogP contribution is -2.55. The summed E-state index contributed by atoms with van der Waals surface area (Å²) in [7, 11) is 0. The molecule has 0 aromatic rings. The van der Waals surface area contributed by atoms with Gasteiger partial charge in [-0.25, -0.2) is 0 Å². The summed E-state index contributed by atoms with van der Waals surface area (Å²) in [6.45, 7) is 5.44. The smallest absolute Gasteiger partial charge is 0.0659 e. The van der Waals surface area contributed by atoms with E-state index in [1.807, 2.05) is 0 Å². The first kappa shape index (κ1) is 13.7. The van der Waals surface area contributed by atoms with E-state index >= 15 is 0 Å². The van der Waals surface area contributed by atoms with Gasteiger partial charge in [-0.1, -0.05) is 39.5 Å². The minimum atomic E-state index is 0.342. The number of hydrogen-bond donors (Lipinski definition) is 0. The fourth-order valence-electron chi connectivity index (χ4n) is 3.40. The minimum Gasteiger partial charge on any atom is -0.378 e. The van der Waals surface area contributed by atoms with Crippen LogP contribution in [0.25, 0.3) is 0 Å². The SMILES string of the molecule is CC(C)CCOC1CC(Cl)C12CCCCCC2. The van der Waals surface area contributed by atoms with Gasteiger partial charge in [0.1, 0.15) is 0 Å². The Bertz CT molecular complexity index is 231. The first-order valence-corrected chi connectivity index (χ1v) is 7.84. The van der Waals surface area contributed by atoms with Crippen molar-refractivity contribution in [3.8, 4) is 0 Å².